The summed E-state index contributed by atoms with van der Waals surface area (Å²) in [5, 5.41) is 2.45. The molecule has 1 saturated heterocycles. The molecule has 1 aliphatic heterocycles. The molecule has 0 unspecified atom stereocenters. The average molecular weight is 291 g/mol. The molecule has 6 heteroatoms. The molecule has 112 valence electrons. The van der Waals surface area contributed by atoms with E-state index in [0.717, 1.165) is 18.5 Å². The van der Waals surface area contributed by atoms with Gasteiger partial charge in [-0.05, 0) is 37.1 Å². The fraction of sp³-hybridized carbons (Fsp3) is 0.467. The zero-order valence-electron chi connectivity index (χ0n) is 11.7. The van der Waals surface area contributed by atoms with Gasteiger partial charge < -0.3 is 9.80 Å². The van der Waals surface area contributed by atoms with E-state index >= 15 is 0 Å². The molecular weight excluding hydrogens is 273 g/mol. The van der Waals surface area contributed by atoms with Gasteiger partial charge in [-0.3, -0.25) is 10.1 Å². The highest BCUT2D eigenvalue weighted by Gasteiger charge is 2.32. The predicted octanol–water partition coefficient (Wildman–Crippen LogP) is 1.59. The second-order valence-corrected chi connectivity index (χ2v) is 5.52. The first-order valence-corrected chi connectivity index (χ1v) is 7.24. The van der Waals surface area contributed by atoms with Gasteiger partial charge in [0.15, 0.2) is 0 Å². The Morgan fingerprint density at radius 1 is 1.05 bits per heavy atom. The van der Waals surface area contributed by atoms with Crippen molar-refractivity contribution in [2.45, 2.75) is 12.8 Å². The molecule has 0 aromatic heterocycles. The lowest BCUT2D eigenvalue weighted by Gasteiger charge is -2.35. The Labute approximate surface area is 122 Å². The topological polar surface area (TPSA) is 52.7 Å². The van der Waals surface area contributed by atoms with Crippen LogP contribution in [-0.2, 0) is 4.79 Å². The van der Waals surface area contributed by atoms with Gasteiger partial charge in [-0.25, -0.2) is 9.18 Å². The first kappa shape index (κ1) is 13.9. The summed E-state index contributed by atoms with van der Waals surface area (Å²) < 4.78 is 12.9. The second-order valence-electron chi connectivity index (χ2n) is 5.52. The van der Waals surface area contributed by atoms with Crippen LogP contribution in [0.4, 0.5) is 14.9 Å². The number of nitrogens with one attached hydrogen (secondary N) is 1. The van der Waals surface area contributed by atoms with Crippen LogP contribution in [-0.4, -0.2) is 43.0 Å². The predicted molar refractivity (Wildman–Crippen MR) is 76.4 cm³/mol. The van der Waals surface area contributed by atoms with Gasteiger partial charge in [0.1, 0.15) is 5.82 Å². The standard InChI is InChI=1S/C15H18FN3O2/c16-12-3-5-13(6-4-12)18-7-9-19(10-8-18)15(21)17-14(20)11-1-2-11/h3-6,11H,1-2,7-10H2,(H,17,20,21). The highest BCUT2D eigenvalue weighted by molar-refractivity contribution is 5.96. The van der Waals surface area contributed by atoms with Gasteiger partial charge in [-0.1, -0.05) is 0 Å². The maximum atomic E-state index is 12.9. The molecule has 1 aromatic carbocycles. The summed E-state index contributed by atoms with van der Waals surface area (Å²) in [7, 11) is 0. The van der Waals surface area contributed by atoms with E-state index in [2.05, 4.69) is 10.2 Å². The third-order valence-electron chi connectivity index (χ3n) is 3.94. The van der Waals surface area contributed by atoms with Crippen molar-refractivity contribution in [3.63, 3.8) is 0 Å². The molecule has 1 saturated carbocycles. The maximum absolute atomic E-state index is 12.9. The van der Waals surface area contributed by atoms with Gasteiger partial charge in [0, 0.05) is 37.8 Å². The van der Waals surface area contributed by atoms with Crippen LogP contribution >= 0.6 is 0 Å². The van der Waals surface area contributed by atoms with E-state index in [9.17, 15) is 14.0 Å². The zero-order chi connectivity index (χ0) is 14.8. The first-order chi connectivity index (χ1) is 10.1. The molecule has 0 radical (unpaired) electrons. The summed E-state index contributed by atoms with van der Waals surface area (Å²) in [5.74, 6) is -0.370. The first-order valence-electron chi connectivity index (χ1n) is 7.24. The molecule has 0 atom stereocenters. The number of carbonyl (C=O) groups excluding carboxylic acids is 2. The van der Waals surface area contributed by atoms with E-state index in [-0.39, 0.29) is 23.7 Å². The lowest BCUT2D eigenvalue weighted by atomic mass is 10.2. The van der Waals surface area contributed by atoms with Gasteiger partial charge in [-0.15, -0.1) is 0 Å². The number of benzene rings is 1. The Bertz CT molecular complexity index is 534. The van der Waals surface area contributed by atoms with Gasteiger partial charge in [0.25, 0.3) is 0 Å². The third-order valence-corrected chi connectivity index (χ3v) is 3.94. The quantitative estimate of drug-likeness (QED) is 0.900. The number of piperazine rings is 1. The molecule has 2 aliphatic rings. The van der Waals surface area contributed by atoms with Crippen molar-refractivity contribution in [1.29, 1.82) is 0 Å². The van der Waals surface area contributed by atoms with E-state index in [0.29, 0.717) is 26.2 Å². The van der Waals surface area contributed by atoms with E-state index in [1.54, 1.807) is 17.0 Å². The Morgan fingerprint density at radius 3 is 2.24 bits per heavy atom. The molecule has 3 amide bonds. The molecule has 1 aromatic rings. The fourth-order valence-corrected chi connectivity index (χ4v) is 2.45. The molecule has 5 nitrogen and oxygen atoms in total. The summed E-state index contributed by atoms with van der Waals surface area (Å²) in [4.78, 5) is 27.3. The third kappa shape index (κ3) is 3.32. The number of hydrogen-bond donors (Lipinski definition) is 1. The minimum Gasteiger partial charge on any atom is -0.368 e. The number of rotatable bonds is 2. The molecule has 0 bridgehead atoms. The Kier molecular flexibility index (Phi) is 3.77. The van der Waals surface area contributed by atoms with Crippen LogP contribution < -0.4 is 10.2 Å². The van der Waals surface area contributed by atoms with Crippen molar-refractivity contribution < 1.29 is 14.0 Å². The monoisotopic (exact) mass is 291 g/mol. The minimum absolute atomic E-state index is 0.0365. The maximum Gasteiger partial charge on any atom is 0.324 e. The van der Waals surface area contributed by atoms with Crippen molar-refractivity contribution in [2.24, 2.45) is 5.92 Å². The molecule has 1 heterocycles. The smallest absolute Gasteiger partial charge is 0.324 e. The molecule has 2 fully saturated rings. The molecule has 1 aliphatic carbocycles. The van der Waals surface area contributed by atoms with Gasteiger partial charge >= 0.3 is 6.03 Å². The number of urea groups is 1. The molecular formula is C15H18FN3O2. The number of halogens is 1. The fourth-order valence-electron chi connectivity index (χ4n) is 2.45. The van der Waals surface area contributed by atoms with Crippen LogP contribution in [0, 0.1) is 11.7 Å². The van der Waals surface area contributed by atoms with E-state index in [4.69, 9.17) is 0 Å². The van der Waals surface area contributed by atoms with Crippen LogP contribution in [0.2, 0.25) is 0 Å². The van der Waals surface area contributed by atoms with Crippen molar-refractivity contribution in [2.75, 3.05) is 31.1 Å². The largest absolute Gasteiger partial charge is 0.368 e. The summed E-state index contributed by atoms with van der Waals surface area (Å²) >= 11 is 0. The summed E-state index contributed by atoms with van der Waals surface area (Å²) in [6, 6.07) is 6.04. The highest BCUT2D eigenvalue weighted by Crippen LogP contribution is 2.28. The Morgan fingerprint density at radius 2 is 1.67 bits per heavy atom. The number of carbonyl (C=O) groups is 2. The lowest BCUT2D eigenvalue weighted by molar-refractivity contribution is -0.121. The highest BCUT2D eigenvalue weighted by atomic mass is 19.1. The average Bonchev–Trinajstić information content (AvgIpc) is 3.33. The summed E-state index contributed by atoms with van der Waals surface area (Å²) in [5.41, 5.74) is 0.950. The normalized spacial score (nSPS) is 18.5. The lowest BCUT2D eigenvalue weighted by Crippen LogP contribution is -2.53. The van der Waals surface area contributed by atoms with Crippen LogP contribution in [0.15, 0.2) is 24.3 Å². The Balaban J connectivity index is 1.51. The summed E-state index contributed by atoms with van der Waals surface area (Å²) in [6.45, 7) is 2.47. The van der Waals surface area contributed by atoms with Crippen LogP contribution in [0.3, 0.4) is 0 Å². The number of hydrogen-bond acceptors (Lipinski definition) is 3. The molecule has 21 heavy (non-hydrogen) atoms. The number of anilines is 1. The van der Waals surface area contributed by atoms with Crippen LogP contribution in [0.1, 0.15) is 12.8 Å². The van der Waals surface area contributed by atoms with Crippen molar-refractivity contribution in [1.82, 2.24) is 10.2 Å². The van der Waals surface area contributed by atoms with Crippen LogP contribution in [0.25, 0.3) is 0 Å². The van der Waals surface area contributed by atoms with E-state index < -0.39 is 0 Å². The van der Waals surface area contributed by atoms with Crippen LogP contribution in [0.5, 0.6) is 0 Å². The SMILES string of the molecule is O=C(NC(=O)N1CCN(c2ccc(F)cc2)CC1)C1CC1. The number of amides is 3. The molecule has 0 spiro atoms. The number of imide groups is 1. The Hall–Kier alpha value is -2.11. The molecule has 1 N–H and O–H groups in total. The van der Waals surface area contributed by atoms with E-state index in [1.807, 2.05) is 0 Å². The second kappa shape index (κ2) is 5.71. The van der Waals surface area contributed by atoms with Gasteiger partial charge in [0.05, 0.1) is 0 Å². The number of nitrogens with zero attached hydrogens (tertiary/aromatic N) is 2. The summed E-state index contributed by atoms with van der Waals surface area (Å²) in [6.07, 6.45) is 1.77. The molecule has 3 rings (SSSR count). The van der Waals surface area contributed by atoms with Crippen molar-refractivity contribution in [3.05, 3.63) is 30.1 Å². The van der Waals surface area contributed by atoms with Crippen molar-refractivity contribution >= 4 is 17.6 Å². The zero-order valence-corrected chi connectivity index (χ0v) is 11.7. The minimum atomic E-state index is -0.300. The van der Waals surface area contributed by atoms with Gasteiger partial charge in [0.2, 0.25) is 5.91 Å². The van der Waals surface area contributed by atoms with Crippen molar-refractivity contribution in [3.8, 4) is 0 Å². The van der Waals surface area contributed by atoms with E-state index in [1.165, 1.54) is 12.1 Å². The van der Waals surface area contributed by atoms with Gasteiger partial charge in [-0.2, -0.15) is 0 Å².